The van der Waals surface area contributed by atoms with Crippen molar-refractivity contribution >= 4 is 17.2 Å². The molecule has 0 aliphatic heterocycles. The van der Waals surface area contributed by atoms with Crippen molar-refractivity contribution < 1.29 is 9.90 Å². The molecule has 0 aliphatic rings. The quantitative estimate of drug-likeness (QED) is 0.900. The lowest BCUT2D eigenvalue weighted by Crippen LogP contribution is -2.34. The minimum absolute atomic E-state index is 0.0591. The minimum atomic E-state index is -0.142. The predicted molar refractivity (Wildman–Crippen MR) is 77.8 cm³/mol. The van der Waals surface area contributed by atoms with Crippen LogP contribution in [-0.4, -0.2) is 17.1 Å². The third-order valence-corrected chi connectivity index (χ3v) is 3.78. The Balaban J connectivity index is 2.02. The lowest BCUT2D eigenvalue weighted by Gasteiger charge is -2.14. The van der Waals surface area contributed by atoms with Gasteiger partial charge in [-0.2, -0.15) is 11.3 Å². The highest BCUT2D eigenvalue weighted by Crippen LogP contribution is 2.19. The van der Waals surface area contributed by atoms with E-state index in [0.717, 1.165) is 6.42 Å². The van der Waals surface area contributed by atoms with Crippen molar-refractivity contribution in [1.29, 1.82) is 0 Å². The monoisotopic (exact) mass is 275 g/mol. The standard InChI is InChI=1S/C15H17NO2S/c1-10(8-12-6-7-19-9-12)16-15(18)13-4-3-5-14(17)11(13)2/h3-7,9-10,17H,8H2,1-2H3,(H,16,18). The zero-order valence-corrected chi connectivity index (χ0v) is 11.8. The molecule has 0 radical (unpaired) electrons. The highest BCUT2D eigenvalue weighted by molar-refractivity contribution is 7.07. The number of phenols is 1. The first-order chi connectivity index (χ1) is 9.08. The zero-order valence-electron chi connectivity index (χ0n) is 11.0. The number of phenolic OH excluding ortho intramolecular Hbond substituents is 1. The Kier molecular flexibility index (Phi) is 4.22. The van der Waals surface area contributed by atoms with Gasteiger partial charge >= 0.3 is 0 Å². The van der Waals surface area contributed by atoms with E-state index in [4.69, 9.17) is 0 Å². The number of amides is 1. The average Bonchev–Trinajstić information content (AvgIpc) is 2.85. The van der Waals surface area contributed by atoms with Crippen molar-refractivity contribution in [2.75, 3.05) is 0 Å². The first kappa shape index (κ1) is 13.6. The van der Waals surface area contributed by atoms with Gasteiger partial charge in [-0.3, -0.25) is 4.79 Å². The molecule has 4 heteroatoms. The Morgan fingerprint density at radius 1 is 1.42 bits per heavy atom. The summed E-state index contributed by atoms with van der Waals surface area (Å²) in [6.45, 7) is 3.72. The Hall–Kier alpha value is -1.81. The molecule has 1 atom stereocenters. The number of benzene rings is 1. The van der Waals surface area contributed by atoms with Crippen molar-refractivity contribution in [3.8, 4) is 5.75 Å². The summed E-state index contributed by atoms with van der Waals surface area (Å²) in [6, 6.07) is 7.11. The van der Waals surface area contributed by atoms with E-state index in [1.807, 2.05) is 12.3 Å². The molecule has 2 rings (SSSR count). The van der Waals surface area contributed by atoms with Crippen molar-refractivity contribution in [3.63, 3.8) is 0 Å². The SMILES string of the molecule is Cc1c(O)cccc1C(=O)NC(C)Cc1ccsc1. The second-order valence-corrected chi connectivity index (χ2v) is 5.44. The van der Waals surface area contributed by atoms with Gasteiger partial charge in [0.1, 0.15) is 5.75 Å². The maximum absolute atomic E-state index is 12.1. The molecule has 100 valence electrons. The van der Waals surface area contributed by atoms with Gasteiger partial charge in [0.25, 0.3) is 5.91 Å². The van der Waals surface area contributed by atoms with Crippen molar-refractivity contribution in [3.05, 3.63) is 51.7 Å². The predicted octanol–water partition coefficient (Wildman–Crippen LogP) is 3.12. The molecule has 0 fully saturated rings. The van der Waals surface area contributed by atoms with Crippen molar-refractivity contribution in [2.45, 2.75) is 26.3 Å². The molecule has 1 aromatic heterocycles. The lowest BCUT2D eigenvalue weighted by atomic mass is 10.1. The molecular formula is C15H17NO2S. The second-order valence-electron chi connectivity index (χ2n) is 4.66. The van der Waals surface area contributed by atoms with E-state index >= 15 is 0 Å². The molecule has 2 aromatic rings. The first-order valence-electron chi connectivity index (χ1n) is 6.18. The van der Waals surface area contributed by atoms with Gasteiger partial charge in [0.2, 0.25) is 0 Å². The molecule has 1 heterocycles. The number of rotatable bonds is 4. The van der Waals surface area contributed by atoms with Crippen LogP contribution >= 0.6 is 11.3 Å². The molecule has 1 amide bonds. The van der Waals surface area contributed by atoms with E-state index in [9.17, 15) is 9.90 Å². The highest BCUT2D eigenvalue weighted by atomic mass is 32.1. The largest absolute Gasteiger partial charge is 0.508 e. The van der Waals surface area contributed by atoms with Crippen LogP contribution in [-0.2, 0) is 6.42 Å². The average molecular weight is 275 g/mol. The molecule has 2 N–H and O–H groups in total. The number of nitrogens with one attached hydrogen (secondary N) is 1. The smallest absolute Gasteiger partial charge is 0.251 e. The zero-order chi connectivity index (χ0) is 13.8. The van der Waals surface area contributed by atoms with Gasteiger partial charge in [0, 0.05) is 17.2 Å². The topological polar surface area (TPSA) is 49.3 Å². The van der Waals surface area contributed by atoms with E-state index in [2.05, 4.69) is 16.8 Å². The van der Waals surface area contributed by atoms with Crippen LogP contribution in [0.15, 0.2) is 35.0 Å². The molecule has 0 spiro atoms. The summed E-state index contributed by atoms with van der Waals surface area (Å²) >= 11 is 1.66. The van der Waals surface area contributed by atoms with E-state index in [1.54, 1.807) is 36.5 Å². The van der Waals surface area contributed by atoms with Crippen LogP contribution in [0.2, 0.25) is 0 Å². The lowest BCUT2D eigenvalue weighted by molar-refractivity contribution is 0.0939. The summed E-state index contributed by atoms with van der Waals surface area (Å²) in [6.07, 6.45) is 0.813. The number of hydrogen-bond donors (Lipinski definition) is 2. The van der Waals surface area contributed by atoms with Crippen LogP contribution in [0, 0.1) is 6.92 Å². The van der Waals surface area contributed by atoms with Crippen molar-refractivity contribution in [1.82, 2.24) is 5.32 Å². The molecule has 0 saturated heterocycles. The summed E-state index contributed by atoms with van der Waals surface area (Å²) in [5.74, 6) is 0.00858. The minimum Gasteiger partial charge on any atom is -0.508 e. The van der Waals surface area contributed by atoms with Gasteiger partial charge < -0.3 is 10.4 Å². The van der Waals surface area contributed by atoms with Gasteiger partial charge in [0.05, 0.1) is 0 Å². The van der Waals surface area contributed by atoms with Gasteiger partial charge in [0.15, 0.2) is 0 Å². The summed E-state index contributed by atoms with van der Waals surface area (Å²) in [5.41, 5.74) is 2.37. The third-order valence-electron chi connectivity index (χ3n) is 3.05. The normalized spacial score (nSPS) is 12.1. The van der Waals surface area contributed by atoms with E-state index in [-0.39, 0.29) is 17.7 Å². The Morgan fingerprint density at radius 3 is 2.89 bits per heavy atom. The van der Waals surface area contributed by atoms with Crippen LogP contribution in [0.4, 0.5) is 0 Å². The molecule has 1 unspecified atom stereocenters. The molecule has 0 saturated carbocycles. The maximum atomic E-state index is 12.1. The van der Waals surface area contributed by atoms with E-state index in [1.165, 1.54) is 5.56 Å². The Morgan fingerprint density at radius 2 is 2.21 bits per heavy atom. The van der Waals surface area contributed by atoms with Crippen molar-refractivity contribution in [2.24, 2.45) is 0 Å². The maximum Gasteiger partial charge on any atom is 0.251 e. The van der Waals surface area contributed by atoms with Gasteiger partial charge in [-0.1, -0.05) is 6.07 Å². The van der Waals surface area contributed by atoms with Gasteiger partial charge in [-0.15, -0.1) is 0 Å². The van der Waals surface area contributed by atoms with Crippen LogP contribution in [0.3, 0.4) is 0 Å². The number of carbonyl (C=O) groups is 1. The Labute approximate surface area is 116 Å². The number of thiophene rings is 1. The summed E-state index contributed by atoms with van der Waals surface area (Å²) in [7, 11) is 0. The van der Waals surface area contributed by atoms with Crippen LogP contribution in [0.1, 0.15) is 28.4 Å². The molecular weight excluding hydrogens is 258 g/mol. The first-order valence-corrected chi connectivity index (χ1v) is 7.12. The molecule has 3 nitrogen and oxygen atoms in total. The second kappa shape index (κ2) is 5.89. The van der Waals surface area contributed by atoms with Crippen LogP contribution < -0.4 is 5.32 Å². The fraction of sp³-hybridized carbons (Fsp3) is 0.267. The van der Waals surface area contributed by atoms with Gasteiger partial charge in [-0.25, -0.2) is 0 Å². The number of aromatic hydroxyl groups is 1. The molecule has 0 aliphatic carbocycles. The summed E-state index contributed by atoms with van der Waals surface area (Å²) in [5, 5.41) is 16.7. The van der Waals surface area contributed by atoms with E-state index in [0.29, 0.717) is 11.1 Å². The summed E-state index contributed by atoms with van der Waals surface area (Å²) < 4.78 is 0. The number of carbonyl (C=O) groups excluding carboxylic acids is 1. The molecule has 1 aromatic carbocycles. The summed E-state index contributed by atoms with van der Waals surface area (Å²) in [4.78, 5) is 12.1. The third kappa shape index (κ3) is 3.35. The fourth-order valence-corrected chi connectivity index (χ4v) is 2.67. The molecule has 0 bridgehead atoms. The Bertz CT molecular complexity index is 564. The fourth-order valence-electron chi connectivity index (χ4n) is 1.98. The highest BCUT2D eigenvalue weighted by Gasteiger charge is 2.14. The van der Waals surface area contributed by atoms with E-state index < -0.39 is 0 Å². The number of hydrogen-bond acceptors (Lipinski definition) is 3. The van der Waals surface area contributed by atoms with Gasteiger partial charge in [-0.05, 0) is 54.8 Å². The van der Waals surface area contributed by atoms with Crippen LogP contribution in [0.5, 0.6) is 5.75 Å². The molecule has 19 heavy (non-hydrogen) atoms. The van der Waals surface area contributed by atoms with Crippen LogP contribution in [0.25, 0.3) is 0 Å².